The van der Waals surface area contributed by atoms with E-state index < -0.39 is 0 Å². The molecule has 2 heterocycles. The molecule has 2 saturated heterocycles. The number of nitrogens with one attached hydrogen (secondary N) is 1. The summed E-state index contributed by atoms with van der Waals surface area (Å²) < 4.78 is 0. The van der Waals surface area contributed by atoms with E-state index in [1.165, 1.54) is 25.9 Å². The molecule has 3 unspecified atom stereocenters. The summed E-state index contributed by atoms with van der Waals surface area (Å²) in [5.74, 6) is 1.21. The molecular formula is C15H29N3O. The molecule has 2 aliphatic rings. The van der Waals surface area contributed by atoms with Crippen molar-refractivity contribution in [2.24, 2.45) is 11.8 Å². The summed E-state index contributed by atoms with van der Waals surface area (Å²) in [6.07, 6.45) is 2.85. The van der Waals surface area contributed by atoms with Crippen LogP contribution in [0.5, 0.6) is 0 Å². The molecule has 3 atom stereocenters. The molecule has 2 aliphatic heterocycles. The van der Waals surface area contributed by atoms with Crippen LogP contribution in [0.2, 0.25) is 0 Å². The van der Waals surface area contributed by atoms with Crippen molar-refractivity contribution in [2.45, 2.75) is 52.7 Å². The Hall–Kier alpha value is -0.610. The van der Waals surface area contributed by atoms with E-state index in [2.05, 4.69) is 37.9 Å². The number of carbonyl (C=O) groups is 1. The first-order valence-electron chi connectivity index (χ1n) is 7.78. The maximum Gasteiger partial charge on any atom is 0.241 e. The summed E-state index contributed by atoms with van der Waals surface area (Å²) in [6.45, 7) is 13.1. The van der Waals surface area contributed by atoms with Crippen LogP contribution in [0.4, 0.5) is 0 Å². The Labute approximate surface area is 117 Å². The number of likely N-dealkylation sites (tertiary alicyclic amines) is 1. The molecule has 4 heteroatoms. The van der Waals surface area contributed by atoms with Gasteiger partial charge in [-0.25, -0.2) is 0 Å². The van der Waals surface area contributed by atoms with Crippen LogP contribution < -0.4 is 5.32 Å². The third kappa shape index (κ3) is 3.48. The van der Waals surface area contributed by atoms with E-state index in [4.69, 9.17) is 0 Å². The van der Waals surface area contributed by atoms with E-state index in [1.807, 2.05) is 4.90 Å². The minimum absolute atomic E-state index is 0.00832. The quantitative estimate of drug-likeness (QED) is 0.820. The monoisotopic (exact) mass is 267 g/mol. The van der Waals surface area contributed by atoms with Gasteiger partial charge in [0.25, 0.3) is 0 Å². The first kappa shape index (κ1) is 14.8. The zero-order valence-electron chi connectivity index (χ0n) is 12.9. The molecule has 0 aromatic heterocycles. The number of rotatable bonds is 5. The third-order valence-corrected chi connectivity index (χ3v) is 4.38. The van der Waals surface area contributed by atoms with E-state index in [0.717, 1.165) is 13.1 Å². The van der Waals surface area contributed by atoms with Crippen LogP contribution in [0.1, 0.15) is 40.5 Å². The van der Waals surface area contributed by atoms with Crippen LogP contribution >= 0.6 is 0 Å². The van der Waals surface area contributed by atoms with Gasteiger partial charge in [-0.3, -0.25) is 10.1 Å². The van der Waals surface area contributed by atoms with Crippen LogP contribution in [0.15, 0.2) is 0 Å². The molecule has 0 radical (unpaired) electrons. The van der Waals surface area contributed by atoms with E-state index in [0.29, 0.717) is 11.8 Å². The Morgan fingerprint density at radius 1 is 1.21 bits per heavy atom. The van der Waals surface area contributed by atoms with Gasteiger partial charge < -0.3 is 9.80 Å². The molecule has 19 heavy (non-hydrogen) atoms. The smallest absolute Gasteiger partial charge is 0.241 e. The van der Waals surface area contributed by atoms with Crippen molar-refractivity contribution in [3.8, 4) is 0 Å². The highest BCUT2D eigenvalue weighted by Gasteiger charge is 2.38. The minimum atomic E-state index is 0.00832. The largest absolute Gasteiger partial charge is 0.326 e. The SMILES string of the molecule is CC(CN1CCCC1)CN1C(=O)C(C(C)C)NC1C. The predicted molar refractivity (Wildman–Crippen MR) is 77.8 cm³/mol. The number of hydrogen-bond donors (Lipinski definition) is 1. The van der Waals surface area contributed by atoms with Gasteiger partial charge in [-0.05, 0) is 44.7 Å². The molecule has 4 nitrogen and oxygen atoms in total. The number of nitrogens with zero attached hydrogens (tertiary/aromatic N) is 2. The van der Waals surface area contributed by atoms with E-state index in [-0.39, 0.29) is 18.1 Å². The van der Waals surface area contributed by atoms with Gasteiger partial charge in [0.1, 0.15) is 0 Å². The van der Waals surface area contributed by atoms with Crippen LogP contribution in [0.25, 0.3) is 0 Å². The Bertz CT molecular complexity index is 313. The highest BCUT2D eigenvalue weighted by atomic mass is 16.2. The van der Waals surface area contributed by atoms with Crippen LogP contribution in [0.3, 0.4) is 0 Å². The third-order valence-electron chi connectivity index (χ3n) is 4.38. The van der Waals surface area contributed by atoms with Crippen LogP contribution in [0, 0.1) is 11.8 Å². The second-order valence-corrected chi connectivity index (χ2v) is 6.67. The number of amides is 1. The molecule has 0 spiro atoms. The van der Waals surface area contributed by atoms with Crippen molar-refractivity contribution < 1.29 is 4.79 Å². The Balaban J connectivity index is 1.85. The Kier molecular flexibility index (Phi) is 4.85. The standard InChI is InChI=1S/C15H29N3O/c1-11(2)14-15(19)18(13(4)16-14)10-12(3)9-17-7-5-6-8-17/h11-14,16H,5-10H2,1-4H3. The number of carbonyl (C=O) groups excluding carboxylic acids is 1. The topological polar surface area (TPSA) is 35.6 Å². The van der Waals surface area contributed by atoms with Gasteiger partial charge in [-0.15, -0.1) is 0 Å². The highest BCUT2D eigenvalue weighted by Crippen LogP contribution is 2.19. The maximum absolute atomic E-state index is 12.4. The lowest BCUT2D eigenvalue weighted by atomic mass is 10.0. The second-order valence-electron chi connectivity index (χ2n) is 6.67. The van der Waals surface area contributed by atoms with Crippen molar-refractivity contribution in [3.05, 3.63) is 0 Å². The van der Waals surface area contributed by atoms with Crippen molar-refractivity contribution in [1.29, 1.82) is 0 Å². The van der Waals surface area contributed by atoms with Gasteiger partial charge in [0.05, 0.1) is 12.2 Å². The van der Waals surface area contributed by atoms with Crippen molar-refractivity contribution in [1.82, 2.24) is 15.1 Å². The summed E-state index contributed by atoms with van der Waals surface area (Å²) >= 11 is 0. The van der Waals surface area contributed by atoms with Crippen LogP contribution in [-0.2, 0) is 4.79 Å². The van der Waals surface area contributed by atoms with Gasteiger partial charge >= 0.3 is 0 Å². The first-order chi connectivity index (χ1) is 8.99. The van der Waals surface area contributed by atoms with Gasteiger partial charge in [0.2, 0.25) is 5.91 Å². The molecule has 0 bridgehead atoms. The van der Waals surface area contributed by atoms with Gasteiger partial charge in [0.15, 0.2) is 0 Å². The summed E-state index contributed by atoms with van der Waals surface area (Å²) in [7, 11) is 0. The summed E-state index contributed by atoms with van der Waals surface area (Å²) in [6, 6.07) is 0.00832. The fourth-order valence-corrected chi connectivity index (χ4v) is 3.32. The summed E-state index contributed by atoms with van der Waals surface area (Å²) in [4.78, 5) is 16.9. The first-order valence-corrected chi connectivity index (χ1v) is 7.78. The van der Waals surface area contributed by atoms with E-state index >= 15 is 0 Å². The lowest BCUT2D eigenvalue weighted by Gasteiger charge is -2.27. The van der Waals surface area contributed by atoms with Gasteiger partial charge in [0, 0.05) is 13.1 Å². The van der Waals surface area contributed by atoms with E-state index in [1.54, 1.807) is 0 Å². The molecule has 2 fully saturated rings. The lowest BCUT2D eigenvalue weighted by molar-refractivity contribution is -0.131. The van der Waals surface area contributed by atoms with Crippen molar-refractivity contribution in [3.63, 3.8) is 0 Å². The average Bonchev–Trinajstić information content (AvgIpc) is 2.92. The maximum atomic E-state index is 12.4. The molecule has 0 aromatic rings. The van der Waals surface area contributed by atoms with Gasteiger partial charge in [-0.2, -0.15) is 0 Å². The molecule has 0 saturated carbocycles. The highest BCUT2D eigenvalue weighted by molar-refractivity contribution is 5.84. The normalized spacial score (nSPS) is 30.6. The number of hydrogen-bond acceptors (Lipinski definition) is 3. The zero-order valence-corrected chi connectivity index (χ0v) is 12.9. The summed E-state index contributed by atoms with van der Waals surface area (Å²) in [5.41, 5.74) is 0. The minimum Gasteiger partial charge on any atom is -0.326 e. The Morgan fingerprint density at radius 3 is 2.37 bits per heavy atom. The molecule has 110 valence electrons. The predicted octanol–water partition coefficient (Wildman–Crippen LogP) is 1.52. The lowest BCUT2D eigenvalue weighted by Crippen LogP contribution is -2.40. The molecule has 2 rings (SSSR count). The van der Waals surface area contributed by atoms with Gasteiger partial charge in [-0.1, -0.05) is 20.8 Å². The Morgan fingerprint density at radius 2 is 1.84 bits per heavy atom. The van der Waals surface area contributed by atoms with E-state index in [9.17, 15) is 4.79 Å². The zero-order chi connectivity index (χ0) is 14.0. The fourth-order valence-electron chi connectivity index (χ4n) is 3.32. The molecule has 1 N–H and O–H groups in total. The second kappa shape index (κ2) is 6.23. The molecule has 1 amide bonds. The van der Waals surface area contributed by atoms with Crippen LogP contribution in [-0.4, -0.2) is 54.1 Å². The van der Waals surface area contributed by atoms with Crippen molar-refractivity contribution in [2.75, 3.05) is 26.2 Å². The summed E-state index contributed by atoms with van der Waals surface area (Å²) in [5, 5.41) is 3.41. The molecule has 0 aliphatic carbocycles. The fraction of sp³-hybridized carbons (Fsp3) is 0.933. The van der Waals surface area contributed by atoms with Crippen molar-refractivity contribution >= 4 is 5.91 Å². The average molecular weight is 267 g/mol. The molecule has 0 aromatic carbocycles. The molecular weight excluding hydrogens is 238 g/mol.